The molecule has 0 atom stereocenters. The summed E-state index contributed by atoms with van der Waals surface area (Å²) in [5.41, 5.74) is 3.84. The van der Waals surface area contributed by atoms with Gasteiger partial charge in [0.15, 0.2) is 0 Å². The van der Waals surface area contributed by atoms with Gasteiger partial charge in [-0.2, -0.15) is 0 Å². The summed E-state index contributed by atoms with van der Waals surface area (Å²) in [6, 6.07) is 3.43. The van der Waals surface area contributed by atoms with E-state index in [1.165, 1.54) is 12.8 Å². The van der Waals surface area contributed by atoms with Gasteiger partial charge in [0.1, 0.15) is 5.82 Å². The number of likely N-dealkylation sites (tertiary alicyclic amines) is 1. The van der Waals surface area contributed by atoms with Gasteiger partial charge in [-0.3, -0.25) is 4.79 Å². The number of hydrogen-bond acceptors (Lipinski definition) is 5. The number of nitrogens with zero attached hydrogens (tertiary/aromatic N) is 2. The molecule has 0 saturated carbocycles. The van der Waals surface area contributed by atoms with Crippen molar-refractivity contribution in [2.75, 3.05) is 32.1 Å². The zero-order chi connectivity index (χ0) is 15.2. The number of amides is 1. The van der Waals surface area contributed by atoms with E-state index < -0.39 is 0 Å². The fourth-order valence-electron chi connectivity index (χ4n) is 2.72. The molecule has 1 aliphatic rings. The molecule has 1 amide bonds. The highest BCUT2D eigenvalue weighted by atomic mass is 16.1. The molecule has 1 fully saturated rings. The molecular formula is C15H25N5O. The molecule has 1 aromatic heterocycles. The molecule has 6 heteroatoms. The van der Waals surface area contributed by atoms with Crippen LogP contribution in [0, 0.1) is 12.8 Å². The molecule has 21 heavy (non-hydrogen) atoms. The zero-order valence-corrected chi connectivity index (χ0v) is 12.9. The highest BCUT2D eigenvalue weighted by molar-refractivity contribution is 5.94. The van der Waals surface area contributed by atoms with Crippen molar-refractivity contribution in [1.29, 1.82) is 0 Å². The summed E-state index contributed by atoms with van der Waals surface area (Å²) in [5, 5.41) is 2.99. The largest absolute Gasteiger partial charge is 0.352 e. The van der Waals surface area contributed by atoms with Crippen LogP contribution in [-0.2, 0) is 0 Å². The Kier molecular flexibility index (Phi) is 5.52. The van der Waals surface area contributed by atoms with Crippen molar-refractivity contribution >= 4 is 11.7 Å². The molecule has 0 bridgehead atoms. The molecule has 0 aromatic carbocycles. The van der Waals surface area contributed by atoms with Gasteiger partial charge in [0.25, 0.3) is 5.91 Å². The molecule has 2 heterocycles. The average Bonchev–Trinajstić information content (AvgIpc) is 2.48. The van der Waals surface area contributed by atoms with E-state index in [0.717, 1.165) is 37.7 Å². The molecule has 0 spiro atoms. The molecule has 1 aromatic rings. The maximum atomic E-state index is 12.1. The Hall–Kier alpha value is -1.66. The summed E-state index contributed by atoms with van der Waals surface area (Å²) in [5.74, 6) is 6.52. The summed E-state index contributed by atoms with van der Waals surface area (Å²) < 4.78 is 0. The zero-order valence-electron chi connectivity index (χ0n) is 12.9. The number of nitrogens with two attached hydrogens (primary N) is 1. The third kappa shape index (κ3) is 4.68. The van der Waals surface area contributed by atoms with Crippen molar-refractivity contribution < 1.29 is 4.79 Å². The Balaban J connectivity index is 1.80. The van der Waals surface area contributed by atoms with Gasteiger partial charge >= 0.3 is 0 Å². The van der Waals surface area contributed by atoms with Gasteiger partial charge in [-0.15, -0.1) is 0 Å². The lowest BCUT2D eigenvalue weighted by Gasteiger charge is -2.28. The quantitative estimate of drug-likeness (QED) is 0.560. The smallest absolute Gasteiger partial charge is 0.251 e. The second-order valence-corrected chi connectivity index (χ2v) is 5.82. The van der Waals surface area contributed by atoms with Crippen LogP contribution >= 0.6 is 0 Å². The first kappa shape index (κ1) is 15.7. The van der Waals surface area contributed by atoms with Crippen LogP contribution in [0.15, 0.2) is 12.1 Å². The lowest BCUT2D eigenvalue weighted by atomic mass is 9.94. The fourth-order valence-corrected chi connectivity index (χ4v) is 2.72. The van der Waals surface area contributed by atoms with Crippen molar-refractivity contribution in [2.24, 2.45) is 11.8 Å². The maximum absolute atomic E-state index is 12.1. The number of anilines is 1. The first-order valence-electron chi connectivity index (χ1n) is 7.50. The van der Waals surface area contributed by atoms with Crippen molar-refractivity contribution in [2.45, 2.75) is 26.2 Å². The van der Waals surface area contributed by atoms with Gasteiger partial charge in [-0.25, -0.2) is 10.8 Å². The number of pyridine rings is 1. The molecule has 0 aliphatic carbocycles. The Bertz CT molecular complexity index is 483. The molecule has 1 saturated heterocycles. The lowest BCUT2D eigenvalue weighted by Crippen LogP contribution is -2.32. The third-order valence-electron chi connectivity index (χ3n) is 4.04. The van der Waals surface area contributed by atoms with Crippen LogP contribution < -0.4 is 16.6 Å². The highest BCUT2D eigenvalue weighted by Gasteiger charge is 2.16. The number of hydrogen-bond donors (Lipinski definition) is 3. The standard InChI is InChI=1S/C15H25N5O/c1-11-9-13(10-14(18-11)19-16)15(21)17-6-3-12-4-7-20(2)8-5-12/h9-10,12H,3-8,16H2,1-2H3,(H,17,21)(H,18,19). The molecule has 116 valence electrons. The summed E-state index contributed by atoms with van der Waals surface area (Å²) in [7, 11) is 2.16. The van der Waals surface area contributed by atoms with E-state index in [-0.39, 0.29) is 5.91 Å². The fraction of sp³-hybridized carbons (Fsp3) is 0.600. The molecule has 2 rings (SSSR count). The van der Waals surface area contributed by atoms with E-state index in [1.807, 2.05) is 6.92 Å². The highest BCUT2D eigenvalue weighted by Crippen LogP contribution is 2.18. The molecule has 0 unspecified atom stereocenters. The molecule has 4 N–H and O–H groups in total. The predicted molar refractivity (Wildman–Crippen MR) is 84.0 cm³/mol. The van der Waals surface area contributed by atoms with Crippen LogP contribution in [0.4, 0.5) is 5.82 Å². The SMILES string of the molecule is Cc1cc(C(=O)NCCC2CCN(C)CC2)cc(NN)n1. The number of nitrogens with one attached hydrogen (secondary N) is 2. The summed E-state index contributed by atoms with van der Waals surface area (Å²) in [4.78, 5) is 18.7. The van der Waals surface area contributed by atoms with Crippen molar-refractivity contribution in [1.82, 2.24) is 15.2 Å². The van der Waals surface area contributed by atoms with Crippen LogP contribution in [0.25, 0.3) is 0 Å². The van der Waals surface area contributed by atoms with Gasteiger partial charge in [-0.05, 0) is 64.4 Å². The third-order valence-corrected chi connectivity index (χ3v) is 4.04. The Morgan fingerprint density at radius 1 is 1.43 bits per heavy atom. The number of hydrazine groups is 1. The van der Waals surface area contributed by atoms with Gasteiger partial charge in [0.05, 0.1) is 0 Å². The van der Waals surface area contributed by atoms with E-state index in [1.54, 1.807) is 12.1 Å². The van der Waals surface area contributed by atoms with Crippen molar-refractivity contribution in [3.8, 4) is 0 Å². The van der Waals surface area contributed by atoms with Gasteiger partial charge in [0, 0.05) is 17.8 Å². The van der Waals surface area contributed by atoms with E-state index in [2.05, 4.69) is 27.7 Å². The second kappa shape index (κ2) is 7.38. The second-order valence-electron chi connectivity index (χ2n) is 5.82. The minimum absolute atomic E-state index is 0.0649. The lowest BCUT2D eigenvalue weighted by molar-refractivity contribution is 0.0948. The van der Waals surface area contributed by atoms with Crippen LogP contribution in [0.3, 0.4) is 0 Å². The molecular weight excluding hydrogens is 266 g/mol. The normalized spacial score (nSPS) is 16.7. The Labute approximate surface area is 126 Å². The maximum Gasteiger partial charge on any atom is 0.251 e. The first-order chi connectivity index (χ1) is 10.1. The predicted octanol–water partition coefficient (Wildman–Crippen LogP) is 1.14. The van der Waals surface area contributed by atoms with Crippen LogP contribution in [0.1, 0.15) is 35.3 Å². The number of carbonyl (C=O) groups is 1. The summed E-state index contributed by atoms with van der Waals surface area (Å²) in [6.07, 6.45) is 3.50. The topological polar surface area (TPSA) is 83.3 Å². The number of nitrogen functional groups attached to an aromatic ring is 1. The van der Waals surface area contributed by atoms with Gasteiger partial charge in [-0.1, -0.05) is 0 Å². The van der Waals surface area contributed by atoms with Gasteiger partial charge < -0.3 is 15.6 Å². The Morgan fingerprint density at radius 3 is 2.81 bits per heavy atom. The van der Waals surface area contributed by atoms with Crippen LogP contribution in [-0.4, -0.2) is 42.5 Å². The number of aryl methyl sites for hydroxylation is 1. The number of aromatic nitrogens is 1. The van der Waals surface area contributed by atoms with Crippen molar-refractivity contribution in [3.05, 3.63) is 23.4 Å². The number of piperidine rings is 1. The van der Waals surface area contributed by atoms with E-state index in [4.69, 9.17) is 5.84 Å². The minimum atomic E-state index is -0.0649. The molecule has 0 radical (unpaired) electrons. The van der Waals surface area contributed by atoms with E-state index >= 15 is 0 Å². The van der Waals surface area contributed by atoms with Crippen LogP contribution in [0.5, 0.6) is 0 Å². The number of carbonyl (C=O) groups excluding carboxylic acids is 1. The summed E-state index contributed by atoms with van der Waals surface area (Å²) in [6.45, 7) is 4.89. The van der Waals surface area contributed by atoms with E-state index in [0.29, 0.717) is 11.4 Å². The minimum Gasteiger partial charge on any atom is -0.352 e. The monoisotopic (exact) mass is 291 g/mol. The first-order valence-corrected chi connectivity index (χ1v) is 7.50. The van der Waals surface area contributed by atoms with Gasteiger partial charge in [0.2, 0.25) is 0 Å². The Morgan fingerprint density at radius 2 is 2.14 bits per heavy atom. The van der Waals surface area contributed by atoms with Crippen LogP contribution in [0.2, 0.25) is 0 Å². The molecule has 1 aliphatic heterocycles. The average molecular weight is 291 g/mol. The molecule has 6 nitrogen and oxygen atoms in total. The number of rotatable bonds is 5. The van der Waals surface area contributed by atoms with Crippen molar-refractivity contribution in [3.63, 3.8) is 0 Å². The summed E-state index contributed by atoms with van der Waals surface area (Å²) >= 11 is 0. The van der Waals surface area contributed by atoms with E-state index in [9.17, 15) is 4.79 Å².